The molecule has 0 bridgehead atoms. The number of ketones is 1. The van der Waals surface area contributed by atoms with Crippen LogP contribution in [0.15, 0.2) is 12.2 Å². The zero-order chi connectivity index (χ0) is 8.65. The van der Waals surface area contributed by atoms with Crippen LogP contribution in [0.1, 0.15) is 33.6 Å². The third-order valence-corrected chi connectivity index (χ3v) is 2.61. The highest BCUT2D eigenvalue weighted by molar-refractivity contribution is 5.86. The number of carbonyl (C=O) groups is 1. The maximum absolute atomic E-state index is 11.4. The van der Waals surface area contributed by atoms with Crippen LogP contribution in [0, 0.1) is 11.3 Å². The van der Waals surface area contributed by atoms with Crippen LogP contribution in [0.25, 0.3) is 0 Å². The van der Waals surface area contributed by atoms with Gasteiger partial charge in [-0.2, -0.15) is 0 Å². The average Bonchev–Trinajstić information content (AvgIpc) is 2.06. The SMILES string of the molecule is C=C(C)C1C(=O)CCC1(C)C. The highest BCUT2D eigenvalue weighted by Gasteiger charge is 2.40. The summed E-state index contributed by atoms with van der Waals surface area (Å²) >= 11 is 0. The fourth-order valence-electron chi connectivity index (χ4n) is 2.11. The summed E-state index contributed by atoms with van der Waals surface area (Å²) < 4.78 is 0. The Labute approximate surface area is 68.5 Å². The number of carbonyl (C=O) groups excluding carboxylic acids is 1. The molecule has 1 aliphatic rings. The molecule has 1 unspecified atom stereocenters. The van der Waals surface area contributed by atoms with Crippen molar-refractivity contribution in [1.29, 1.82) is 0 Å². The first-order valence-electron chi connectivity index (χ1n) is 4.13. The topological polar surface area (TPSA) is 17.1 Å². The maximum Gasteiger partial charge on any atom is 0.140 e. The van der Waals surface area contributed by atoms with Gasteiger partial charge in [0.15, 0.2) is 0 Å². The molecule has 0 amide bonds. The Balaban J connectivity index is 2.89. The molecule has 62 valence electrons. The van der Waals surface area contributed by atoms with Crippen molar-refractivity contribution in [3.8, 4) is 0 Å². The molecule has 1 atom stereocenters. The van der Waals surface area contributed by atoms with Gasteiger partial charge in [-0.1, -0.05) is 26.0 Å². The Morgan fingerprint density at radius 3 is 2.36 bits per heavy atom. The van der Waals surface area contributed by atoms with Crippen molar-refractivity contribution < 1.29 is 4.79 Å². The minimum atomic E-state index is 0.113. The molecule has 0 aromatic carbocycles. The van der Waals surface area contributed by atoms with Gasteiger partial charge in [0.05, 0.1) is 0 Å². The maximum atomic E-state index is 11.4. The molecule has 1 rings (SSSR count). The molecule has 0 aromatic rings. The third-order valence-electron chi connectivity index (χ3n) is 2.61. The van der Waals surface area contributed by atoms with Gasteiger partial charge >= 0.3 is 0 Å². The second-order valence-corrected chi connectivity index (χ2v) is 4.23. The minimum Gasteiger partial charge on any atom is -0.299 e. The summed E-state index contributed by atoms with van der Waals surface area (Å²) in [6, 6.07) is 0. The van der Waals surface area contributed by atoms with E-state index in [0.717, 1.165) is 18.4 Å². The van der Waals surface area contributed by atoms with E-state index in [2.05, 4.69) is 20.4 Å². The smallest absolute Gasteiger partial charge is 0.140 e. The van der Waals surface area contributed by atoms with Gasteiger partial charge in [0, 0.05) is 12.3 Å². The van der Waals surface area contributed by atoms with Crippen molar-refractivity contribution in [1.82, 2.24) is 0 Å². The summed E-state index contributed by atoms with van der Waals surface area (Å²) in [7, 11) is 0. The van der Waals surface area contributed by atoms with E-state index in [-0.39, 0.29) is 11.3 Å². The molecule has 0 spiro atoms. The van der Waals surface area contributed by atoms with Crippen molar-refractivity contribution in [2.24, 2.45) is 11.3 Å². The van der Waals surface area contributed by atoms with Crippen LogP contribution in [-0.2, 0) is 4.79 Å². The zero-order valence-electron chi connectivity index (χ0n) is 7.61. The molecule has 1 aliphatic carbocycles. The molecule has 1 fully saturated rings. The highest BCUT2D eigenvalue weighted by Crippen LogP contribution is 2.43. The molecule has 0 N–H and O–H groups in total. The fourth-order valence-corrected chi connectivity index (χ4v) is 2.11. The summed E-state index contributed by atoms with van der Waals surface area (Å²) in [4.78, 5) is 11.4. The lowest BCUT2D eigenvalue weighted by Gasteiger charge is -2.25. The summed E-state index contributed by atoms with van der Waals surface area (Å²) in [5.41, 5.74) is 1.18. The van der Waals surface area contributed by atoms with Crippen LogP contribution in [0.4, 0.5) is 0 Å². The molecule has 1 heteroatoms. The van der Waals surface area contributed by atoms with Gasteiger partial charge < -0.3 is 0 Å². The molecule has 0 saturated heterocycles. The first-order chi connectivity index (χ1) is 4.95. The third kappa shape index (κ3) is 1.37. The van der Waals surface area contributed by atoms with Gasteiger partial charge in [-0.25, -0.2) is 0 Å². The van der Waals surface area contributed by atoms with Gasteiger partial charge in [0.2, 0.25) is 0 Å². The van der Waals surface area contributed by atoms with Crippen LogP contribution in [0.5, 0.6) is 0 Å². The lowest BCUT2D eigenvalue weighted by molar-refractivity contribution is -0.120. The standard InChI is InChI=1S/C10H16O/c1-7(2)9-8(11)5-6-10(9,3)4/h9H,1,5-6H2,2-4H3. The Hall–Kier alpha value is -0.590. The highest BCUT2D eigenvalue weighted by atomic mass is 16.1. The van der Waals surface area contributed by atoms with E-state index in [1.807, 2.05) is 6.92 Å². The van der Waals surface area contributed by atoms with Crippen molar-refractivity contribution in [3.05, 3.63) is 12.2 Å². The second-order valence-electron chi connectivity index (χ2n) is 4.23. The van der Waals surface area contributed by atoms with E-state index >= 15 is 0 Å². The number of allylic oxidation sites excluding steroid dienone is 1. The molecular formula is C10H16O. The van der Waals surface area contributed by atoms with Gasteiger partial charge in [-0.15, -0.1) is 0 Å². The zero-order valence-corrected chi connectivity index (χ0v) is 7.61. The summed E-state index contributed by atoms with van der Waals surface area (Å²) in [5, 5.41) is 0. The molecule has 0 aromatic heterocycles. The van der Waals surface area contributed by atoms with Crippen molar-refractivity contribution in [2.45, 2.75) is 33.6 Å². The molecule has 0 aliphatic heterocycles. The van der Waals surface area contributed by atoms with Crippen molar-refractivity contribution in [3.63, 3.8) is 0 Å². The van der Waals surface area contributed by atoms with Gasteiger partial charge in [-0.05, 0) is 18.8 Å². The summed E-state index contributed by atoms with van der Waals surface area (Å²) in [6.07, 6.45) is 1.76. The normalized spacial score (nSPS) is 29.0. The van der Waals surface area contributed by atoms with Gasteiger partial charge in [-0.3, -0.25) is 4.79 Å². The van der Waals surface area contributed by atoms with Gasteiger partial charge in [0.25, 0.3) is 0 Å². The van der Waals surface area contributed by atoms with E-state index in [4.69, 9.17) is 0 Å². The van der Waals surface area contributed by atoms with Gasteiger partial charge in [0.1, 0.15) is 5.78 Å². The lowest BCUT2D eigenvalue weighted by atomic mass is 9.78. The minimum absolute atomic E-state index is 0.113. The summed E-state index contributed by atoms with van der Waals surface area (Å²) in [5.74, 6) is 0.491. The molecule has 1 nitrogen and oxygen atoms in total. The Kier molecular flexibility index (Phi) is 1.91. The summed E-state index contributed by atoms with van der Waals surface area (Å²) in [6.45, 7) is 10.1. The van der Waals surface area contributed by atoms with Crippen molar-refractivity contribution >= 4 is 5.78 Å². The van der Waals surface area contributed by atoms with Crippen LogP contribution in [0.3, 0.4) is 0 Å². The second kappa shape index (κ2) is 2.47. The Bertz CT molecular complexity index is 201. The van der Waals surface area contributed by atoms with Crippen LogP contribution < -0.4 is 0 Å². The van der Waals surface area contributed by atoms with E-state index in [9.17, 15) is 4.79 Å². The largest absolute Gasteiger partial charge is 0.299 e. The molecule has 0 radical (unpaired) electrons. The Morgan fingerprint density at radius 1 is 1.64 bits per heavy atom. The lowest BCUT2D eigenvalue weighted by Crippen LogP contribution is -2.22. The molecule has 0 heterocycles. The molecule has 11 heavy (non-hydrogen) atoms. The Morgan fingerprint density at radius 2 is 2.18 bits per heavy atom. The number of hydrogen-bond donors (Lipinski definition) is 0. The van der Waals surface area contributed by atoms with Crippen LogP contribution >= 0.6 is 0 Å². The van der Waals surface area contributed by atoms with Crippen LogP contribution in [-0.4, -0.2) is 5.78 Å². The number of hydrogen-bond acceptors (Lipinski definition) is 1. The van der Waals surface area contributed by atoms with Crippen LogP contribution in [0.2, 0.25) is 0 Å². The monoisotopic (exact) mass is 152 g/mol. The predicted octanol–water partition coefficient (Wildman–Crippen LogP) is 2.57. The first-order valence-corrected chi connectivity index (χ1v) is 4.13. The van der Waals surface area contributed by atoms with E-state index in [1.54, 1.807) is 0 Å². The number of rotatable bonds is 1. The van der Waals surface area contributed by atoms with Crippen molar-refractivity contribution in [2.75, 3.05) is 0 Å². The average molecular weight is 152 g/mol. The quantitative estimate of drug-likeness (QED) is 0.528. The van der Waals surface area contributed by atoms with E-state index in [1.165, 1.54) is 0 Å². The molecule has 1 saturated carbocycles. The fraction of sp³-hybridized carbons (Fsp3) is 0.700. The predicted molar refractivity (Wildman–Crippen MR) is 46.3 cm³/mol. The van der Waals surface area contributed by atoms with E-state index in [0.29, 0.717) is 5.78 Å². The molecular weight excluding hydrogens is 136 g/mol. The number of Topliss-reactive ketones (excluding diaryl/α,β-unsaturated/α-hetero) is 1. The van der Waals surface area contributed by atoms with E-state index < -0.39 is 0 Å². The first kappa shape index (κ1) is 8.51.